The van der Waals surface area contributed by atoms with Gasteiger partial charge in [-0.15, -0.1) is 0 Å². The number of anilines is 2. The van der Waals surface area contributed by atoms with Crippen molar-refractivity contribution in [1.82, 2.24) is 9.97 Å². The van der Waals surface area contributed by atoms with Gasteiger partial charge in [-0.25, -0.2) is 4.98 Å². The van der Waals surface area contributed by atoms with Gasteiger partial charge in [0, 0.05) is 14.2 Å². The number of hydrogen-bond donors (Lipinski definition) is 2. The third kappa shape index (κ3) is 3.66. The normalized spacial score (nSPS) is 12.6. The first-order chi connectivity index (χ1) is 7.67. The van der Waals surface area contributed by atoms with Gasteiger partial charge in [0.15, 0.2) is 0 Å². The third-order valence-electron chi connectivity index (χ3n) is 2.37. The molecular formula is C11H20N4O. The molecule has 0 radical (unpaired) electrons. The summed E-state index contributed by atoms with van der Waals surface area (Å²) in [5.41, 5.74) is 0. The minimum absolute atomic E-state index is 0.242. The van der Waals surface area contributed by atoms with E-state index in [-0.39, 0.29) is 6.04 Å². The van der Waals surface area contributed by atoms with Gasteiger partial charge < -0.3 is 15.4 Å². The molecule has 0 spiro atoms. The molecule has 1 aromatic heterocycles. The van der Waals surface area contributed by atoms with Gasteiger partial charge in [0.1, 0.15) is 11.6 Å². The van der Waals surface area contributed by atoms with Crippen LogP contribution in [0, 0.1) is 5.92 Å². The number of ether oxygens (including phenoxy) is 1. The van der Waals surface area contributed by atoms with Gasteiger partial charge in [-0.1, -0.05) is 13.8 Å². The Morgan fingerprint density at radius 1 is 1.31 bits per heavy atom. The summed E-state index contributed by atoms with van der Waals surface area (Å²) in [6.45, 7) is 4.95. The summed E-state index contributed by atoms with van der Waals surface area (Å²) in [4.78, 5) is 8.46. The Morgan fingerprint density at radius 2 is 2.00 bits per heavy atom. The molecule has 0 aliphatic carbocycles. The zero-order chi connectivity index (χ0) is 12.0. The zero-order valence-electron chi connectivity index (χ0n) is 10.3. The molecule has 0 aliphatic heterocycles. The average molecular weight is 224 g/mol. The maximum Gasteiger partial charge on any atom is 0.147 e. The molecule has 1 unspecified atom stereocenters. The van der Waals surface area contributed by atoms with Crippen LogP contribution in [0.25, 0.3) is 0 Å². The van der Waals surface area contributed by atoms with Crippen molar-refractivity contribution in [3.63, 3.8) is 0 Å². The predicted molar refractivity (Wildman–Crippen MR) is 65.7 cm³/mol. The molecule has 1 rings (SSSR count). The molecule has 5 nitrogen and oxygen atoms in total. The summed E-state index contributed by atoms with van der Waals surface area (Å²) in [5, 5.41) is 6.27. The second-order valence-corrected chi connectivity index (χ2v) is 3.99. The summed E-state index contributed by atoms with van der Waals surface area (Å²) < 4.78 is 5.17. The SMILES string of the molecule is CNc1cncc(NC(COC)C(C)C)n1. The monoisotopic (exact) mass is 224 g/mol. The zero-order valence-corrected chi connectivity index (χ0v) is 10.3. The molecule has 1 heterocycles. The van der Waals surface area contributed by atoms with Crippen LogP contribution in [-0.4, -0.2) is 36.8 Å². The fraction of sp³-hybridized carbons (Fsp3) is 0.636. The highest BCUT2D eigenvalue weighted by molar-refractivity contribution is 5.41. The Morgan fingerprint density at radius 3 is 2.56 bits per heavy atom. The van der Waals surface area contributed by atoms with Crippen molar-refractivity contribution in [3.8, 4) is 0 Å². The Bertz CT molecular complexity index is 317. The topological polar surface area (TPSA) is 59.1 Å². The fourth-order valence-electron chi connectivity index (χ4n) is 1.33. The van der Waals surface area contributed by atoms with Crippen LogP contribution in [-0.2, 0) is 4.74 Å². The van der Waals surface area contributed by atoms with Crippen LogP contribution in [0.2, 0.25) is 0 Å². The van der Waals surface area contributed by atoms with E-state index >= 15 is 0 Å². The van der Waals surface area contributed by atoms with E-state index in [1.807, 2.05) is 7.05 Å². The molecule has 0 fully saturated rings. The number of aromatic nitrogens is 2. The van der Waals surface area contributed by atoms with E-state index in [0.29, 0.717) is 12.5 Å². The summed E-state index contributed by atoms with van der Waals surface area (Å²) >= 11 is 0. The first-order valence-electron chi connectivity index (χ1n) is 5.42. The van der Waals surface area contributed by atoms with Gasteiger partial charge in [0.2, 0.25) is 0 Å². The van der Waals surface area contributed by atoms with Crippen LogP contribution in [0.15, 0.2) is 12.4 Å². The molecular weight excluding hydrogens is 204 g/mol. The van der Waals surface area contributed by atoms with Crippen molar-refractivity contribution in [2.24, 2.45) is 5.92 Å². The van der Waals surface area contributed by atoms with Crippen molar-refractivity contribution in [1.29, 1.82) is 0 Å². The van der Waals surface area contributed by atoms with E-state index in [9.17, 15) is 0 Å². The first kappa shape index (κ1) is 12.7. The molecule has 5 heteroatoms. The highest BCUT2D eigenvalue weighted by Gasteiger charge is 2.13. The van der Waals surface area contributed by atoms with Crippen LogP contribution < -0.4 is 10.6 Å². The molecule has 0 aromatic carbocycles. The van der Waals surface area contributed by atoms with Gasteiger partial charge in [0.25, 0.3) is 0 Å². The maximum absolute atomic E-state index is 5.17. The fourth-order valence-corrected chi connectivity index (χ4v) is 1.33. The molecule has 0 aliphatic rings. The van der Waals surface area contributed by atoms with E-state index in [0.717, 1.165) is 11.6 Å². The lowest BCUT2D eigenvalue weighted by molar-refractivity contribution is 0.171. The van der Waals surface area contributed by atoms with Crippen LogP contribution in [0.5, 0.6) is 0 Å². The summed E-state index contributed by atoms with van der Waals surface area (Å²) in [7, 11) is 3.52. The molecule has 0 bridgehead atoms. The number of nitrogens with one attached hydrogen (secondary N) is 2. The minimum Gasteiger partial charge on any atom is -0.383 e. The Balaban J connectivity index is 2.68. The molecule has 16 heavy (non-hydrogen) atoms. The van der Waals surface area contributed by atoms with Gasteiger partial charge in [-0.3, -0.25) is 4.98 Å². The lowest BCUT2D eigenvalue weighted by Crippen LogP contribution is -2.30. The highest BCUT2D eigenvalue weighted by Crippen LogP contribution is 2.11. The standard InChI is InChI=1S/C11H20N4O/c1-8(2)9(7-16-4)14-11-6-13-5-10(12-3)15-11/h5-6,8-9H,7H2,1-4H3,(H2,12,14,15). The second kappa shape index (κ2) is 6.27. The lowest BCUT2D eigenvalue weighted by Gasteiger charge is -2.21. The highest BCUT2D eigenvalue weighted by atomic mass is 16.5. The van der Waals surface area contributed by atoms with Gasteiger partial charge >= 0.3 is 0 Å². The summed E-state index contributed by atoms with van der Waals surface area (Å²) in [6.07, 6.45) is 3.40. The molecule has 1 atom stereocenters. The van der Waals surface area contributed by atoms with Crippen molar-refractivity contribution in [2.75, 3.05) is 31.4 Å². The van der Waals surface area contributed by atoms with E-state index < -0.39 is 0 Å². The van der Waals surface area contributed by atoms with Crippen LogP contribution in [0.1, 0.15) is 13.8 Å². The quantitative estimate of drug-likeness (QED) is 0.768. The van der Waals surface area contributed by atoms with E-state index in [1.165, 1.54) is 0 Å². The number of rotatable bonds is 6. The Labute approximate surface area is 96.6 Å². The van der Waals surface area contributed by atoms with Crippen molar-refractivity contribution in [3.05, 3.63) is 12.4 Å². The maximum atomic E-state index is 5.17. The van der Waals surface area contributed by atoms with E-state index in [2.05, 4.69) is 34.4 Å². The molecule has 90 valence electrons. The van der Waals surface area contributed by atoms with E-state index in [1.54, 1.807) is 19.5 Å². The van der Waals surface area contributed by atoms with Gasteiger partial charge in [-0.05, 0) is 5.92 Å². The Kier molecular flexibility index (Phi) is 4.98. The van der Waals surface area contributed by atoms with Crippen molar-refractivity contribution < 1.29 is 4.74 Å². The van der Waals surface area contributed by atoms with Gasteiger partial charge in [-0.2, -0.15) is 0 Å². The van der Waals surface area contributed by atoms with Gasteiger partial charge in [0.05, 0.1) is 25.0 Å². The largest absolute Gasteiger partial charge is 0.383 e. The summed E-state index contributed by atoms with van der Waals surface area (Å²) in [5.74, 6) is 1.99. The lowest BCUT2D eigenvalue weighted by atomic mass is 10.1. The number of hydrogen-bond acceptors (Lipinski definition) is 5. The van der Waals surface area contributed by atoms with Crippen LogP contribution >= 0.6 is 0 Å². The smallest absolute Gasteiger partial charge is 0.147 e. The number of nitrogens with zero attached hydrogens (tertiary/aromatic N) is 2. The first-order valence-corrected chi connectivity index (χ1v) is 5.42. The predicted octanol–water partition coefficient (Wildman–Crippen LogP) is 1.60. The average Bonchev–Trinajstić information content (AvgIpc) is 2.28. The third-order valence-corrected chi connectivity index (χ3v) is 2.37. The van der Waals surface area contributed by atoms with Crippen LogP contribution in [0.4, 0.5) is 11.6 Å². The van der Waals surface area contributed by atoms with Crippen LogP contribution in [0.3, 0.4) is 0 Å². The summed E-state index contributed by atoms with van der Waals surface area (Å²) in [6, 6.07) is 0.242. The molecule has 0 amide bonds. The second-order valence-electron chi connectivity index (χ2n) is 3.99. The van der Waals surface area contributed by atoms with Crippen molar-refractivity contribution >= 4 is 11.6 Å². The molecule has 1 aromatic rings. The number of methoxy groups -OCH3 is 1. The van der Waals surface area contributed by atoms with E-state index in [4.69, 9.17) is 4.74 Å². The molecule has 2 N–H and O–H groups in total. The van der Waals surface area contributed by atoms with Crippen molar-refractivity contribution in [2.45, 2.75) is 19.9 Å². The molecule has 0 saturated heterocycles. The minimum atomic E-state index is 0.242. The molecule has 0 saturated carbocycles. The Hall–Kier alpha value is -1.36.